The zero-order chi connectivity index (χ0) is 13.8. The molecule has 0 saturated carbocycles. The smallest absolute Gasteiger partial charge is 0.217 e. The average Bonchev–Trinajstić information content (AvgIpc) is 2.28. The summed E-state index contributed by atoms with van der Waals surface area (Å²) in [5.41, 5.74) is 5.43. The molecule has 0 atom stereocenters. The van der Waals surface area contributed by atoms with Crippen molar-refractivity contribution in [2.75, 3.05) is 31.1 Å². The Labute approximate surface area is 110 Å². The zero-order valence-electron chi connectivity index (χ0n) is 10.7. The van der Waals surface area contributed by atoms with Gasteiger partial charge in [-0.2, -0.15) is 0 Å². The highest BCUT2D eigenvalue weighted by Crippen LogP contribution is 2.22. The number of nitrogens with zero attached hydrogens (tertiary/aromatic N) is 1. The molecule has 18 heavy (non-hydrogen) atoms. The van der Waals surface area contributed by atoms with Gasteiger partial charge in [-0.05, 0) is 19.3 Å². The lowest BCUT2D eigenvalue weighted by atomic mass is 10.2. The van der Waals surface area contributed by atoms with Gasteiger partial charge in [0.05, 0.1) is 16.8 Å². The highest BCUT2D eigenvalue weighted by molar-refractivity contribution is 7.92. The standard InChI is InChI=1S/C10H22N2O4S2/c1-2-6-12(7-5-11)18(15,16)10-3-8-17(13,14)9-4-10/h10H,2-9,11H2,1H3. The lowest BCUT2D eigenvalue weighted by Crippen LogP contribution is -2.44. The first-order chi connectivity index (χ1) is 8.33. The van der Waals surface area contributed by atoms with Crippen LogP contribution in [0.5, 0.6) is 0 Å². The van der Waals surface area contributed by atoms with E-state index in [0.29, 0.717) is 13.1 Å². The fourth-order valence-corrected chi connectivity index (χ4v) is 5.98. The molecule has 6 nitrogen and oxygen atoms in total. The molecular formula is C10H22N2O4S2. The molecule has 8 heteroatoms. The van der Waals surface area contributed by atoms with Crippen LogP contribution in [0.4, 0.5) is 0 Å². The van der Waals surface area contributed by atoms with E-state index >= 15 is 0 Å². The molecule has 0 aromatic rings. The fraction of sp³-hybridized carbons (Fsp3) is 1.00. The maximum atomic E-state index is 12.4. The van der Waals surface area contributed by atoms with Crippen LogP contribution in [0.2, 0.25) is 0 Å². The van der Waals surface area contributed by atoms with Crippen molar-refractivity contribution in [2.24, 2.45) is 5.73 Å². The maximum absolute atomic E-state index is 12.4. The highest BCUT2D eigenvalue weighted by Gasteiger charge is 2.35. The predicted molar refractivity (Wildman–Crippen MR) is 71.5 cm³/mol. The number of nitrogens with two attached hydrogens (primary N) is 1. The van der Waals surface area contributed by atoms with Crippen molar-refractivity contribution in [2.45, 2.75) is 31.4 Å². The summed E-state index contributed by atoms with van der Waals surface area (Å²) in [6.45, 7) is 2.94. The summed E-state index contributed by atoms with van der Waals surface area (Å²) in [5.74, 6) is -0.0566. The number of sulfonamides is 1. The van der Waals surface area contributed by atoms with Crippen molar-refractivity contribution in [3.63, 3.8) is 0 Å². The van der Waals surface area contributed by atoms with Crippen LogP contribution in [0.1, 0.15) is 26.2 Å². The van der Waals surface area contributed by atoms with Gasteiger partial charge in [0, 0.05) is 19.6 Å². The first-order valence-corrected chi connectivity index (χ1v) is 9.55. The third kappa shape index (κ3) is 3.91. The summed E-state index contributed by atoms with van der Waals surface area (Å²) >= 11 is 0. The van der Waals surface area contributed by atoms with Gasteiger partial charge in [-0.25, -0.2) is 21.1 Å². The van der Waals surface area contributed by atoms with Crippen LogP contribution in [0.25, 0.3) is 0 Å². The van der Waals surface area contributed by atoms with Gasteiger partial charge in [0.15, 0.2) is 0 Å². The second-order valence-corrected chi connectivity index (χ2v) is 9.10. The summed E-state index contributed by atoms with van der Waals surface area (Å²) < 4.78 is 48.7. The lowest BCUT2D eigenvalue weighted by molar-refractivity contribution is 0.406. The van der Waals surface area contributed by atoms with Crippen molar-refractivity contribution in [1.82, 2.24) is 4.31 Å². The molecule has 1 fully saturated rings. The molecule has 0 unspecified atom stereocenters. The summed E-state index contributed by atoms with van der Waals surface area (Å²) in [5, 5.41) is -0.570. The molecule has 1 heterocycles. The second-order valence-electron chi connectivity index (χ2n) is 4.58. The van der Waals surface area contributed by atoms with E-state index in [-0.39, 0.29) is 30.9 Å². The van der Waals surface area contributed by atoms with Gasteiger partial charge >= 0.3 is 0 Å². The quantitative estimate of drug-likeness (QED) is 0.717. The van der Waals surface area contributed by atoms with E-state index in [4.69, 9.17) is 5.73 Å². The summed E-state index contributed by atoms with van der Waals surface area (Å²) in [7, 11) is -6.44. The van der Waals surface area contributed by atoms with Crippen molar-refractivity contribution < 1.29 is 16.8 Å². The minimum atomic E-state index is -3.41. The summed E-state index contributed by atoms with van der Waals surface area (Å²) in [6.07, 6.45) is 1.13. The number of hydrogen-bond acceptors (Lipinski definition) is 5. The molecule has 108 valence electrons. The topological polar surface area (TPSA) is 97.5 Å². The van der Waals surface area contributed by atoms with Gasteiger partial charge in [0.1, 0.15) is 9.84 Å². The Hall–Kier alpha value is -0.180. The van der Waals surface area contributed by atoms with Crippen molar-refractivity contribution in [3.05, 3.63) is 0 Å². The van der Waals surface area contributed by atoms with E-state index in [9.17, 15) is 16.8 Å². The van der Waals surface area contributed by atoms with E-state index in [1.165, 1.54) is 4.31 Å². The Morgan fingerprint density at radius 2 is 1.78 bits per heavy atom. The zero-order valence-corrected chi connectivity index (χ0v) is 12.3. The van der Waals surface area contributed by atoms with Crippen molar-refractivity contribution in [1.29, 1.82) is 0 Å². The van der Waals surface area contributed by atoms with Gasteiger partial charge in [-0.1, -0.05) is 6.92 Å². The third-order valence-electron chi connectivity index (χ3n) is 3.13. The van der Waals surface area contributed by atoms with Crippen molar-refractivity contribution in [3.8, 4) is 0 Å². The van der Waals surface area contributed by atoms with Crippen LogP contribution < -0.4 is 5.73 Å². The normalized spacial score (nSPS) is 21.3. The molecular weight excluding hydrogens is 276 g/mol. The van der Waals surface area contributed by atoms with Crippen LogP contribution in [0.15, 0.2) is 0 Å². The number of hydrogen-bond donors (Lipinski definition) is 1. The minimum Gasteiger partial charge on any atom is -0.329 e. The molecule has 0 spiro atoms. The molecule has 0 amide bonds. The molecule has 2 N–H and O–H groups in total. The Morgan fingerprint density at radius 3 is 2.22 bits per heavy atom. The molecule has 0 bridgehead atoms. The van der Waals surface area contributed by atoms with E-state index in [0.717, 1.165) is 6.42 Å². The van der Waals surface area contributed by atoms with Crippen molar-refractivity contribution >= 4 is 19.9 Å². The molecule has 0 radical (unpaired) electrons. The molecule has 0 aliphatic carbocycles. The van der Waals surface area contributed by atoms with E-state index in [1.54, 1.807) is 0 Å². The lowest BCUT2D eigenvalue weighted by Gasteiger charge is -2.29. The number of sulfone groups is 1. The van der Waals surface area contributed by atoms with Crippen LogP contribution in [-0.2, 0) is 19.9 Å². The van der Waals surface area contributed by atoms with E-state index < -0.39 is 25.1 Å². The molecule has 1 rings (SSSR count). The Bertz CT molecular complexity index is 438. The average molecular weight is 298 g/mol. The highest BCUT2D eigenvalue weighted by atomic mass is 32.2. The molecule has 0 aromatic carbocycles. The van der Waals surface area contributed by atoms with Crippen LogP contribution in [0.3, 0.4) is 0 Å². The Balaban J connectivity index is 2.79. The minimum absolute atomic E-state index is 0.0283. The Morgan fingerprint density at radius 1 is 1.22 bits per heavy atom. The fourth-order valence-electron chi connectivity index (χ4n) is 2.14. The third-order valence-corrected chi connectivity index (χ3v) is 7.25. The second kappa shape index (κ2) is 6.31. The van der Waals surface area contributed by atoms with Gasteiger partial charge in [0.25, 0.3) is 0 Å². The van der Waals surface area contributed by atoms with Gasteiger partial charge < -0.3 is 5.73 Å². The van der Waals surface area contributed by atoms with E-state index in [1.807, 2.05) is 6.92 Å². The first-order valence-electron chi connectivity index (χ1n) is 6.23. The SMILES string of the molecule is CCCN(CCN)S(=O)(=O)C1CCS(=O)(=O)CC1. The van der Waals surface area contributed by atoms with Gasteiger partial charge in [-0.3, -0.25) is 0 Å². The summed E-state index contributed by atoms with van der Waals surface area (Å²) in [4.78, 5) is 0. The van der Waals surface area contributed by atoms with Gasteiger partial charge in [0.2, 0.25) is 10.0 Å². The number of rotatable bonds is 6. The monoisotopic (exact) mass is 298 g/mol. The molecule has 1 saturated heterocycles. The molecule has 1 aliphatic heterocycles. The summed E-state index contributed by atoms with van der Waals surface area (Å²) in [6, 6.07) is 0. The molecule has 1 aliphatic rings. The van der Waals surface area contributed by atoms with Gasteiger partial charge in [-0.15, -0.1) is 0 Å². The molecule has 0 aromatic heterocycles. The first kappa shape index (κ1) is 15.9. The van der Waals surface area contributed by atoms with Crippen LogP contribution in [0, 0.1) is 0 Å². The van der Waals surface area contributed by atoms with E-state index in [2.05, 4.69) is 0 Å². The largest absolute Gasteiger partial charge is 0.329 e. The predicted octanol–water partition coefficient (Wildman–Crippen LogP) is -0.436. The Kier molecular flexibility index (Phi) is 5.57. The van der Waals surface area contributed by atoms with Crippen LogP contribution in [-0.4, -0.2) is 57.5 Å². The maximum Gasteiger partial charge on any atom is 0.217 e. The van der Waals surface area contributed by atoms with Crippen LogP contribution >= 0.6 is 0 Å².